The van der Waals surface area contributed by atoms with Crippen molar-refractivity contribution in [3.63, 3.8) is 0 Å². The number of carbonyl (C=O) groups excluding carboxylic acids is 2. The Morgan fingerprint density at radius 1 is 0.938 bits per heavy atom. The van der Waals surface area contributed by atoms with E-state index in [0.717, 1.165) is 25.2 Å². The highest BCUT2D eigenvalue weighted by molar-refractivity contribution is 5.83. The second-order valence-corrected chi connectivity index (χ2v) is 11.1. The van der Waals surface area contributed by atoms with Gasteiger partial charge in [0.25, 0.3) is 0 Å². The number of ether oxygens (including phenoxy) is 3. The van der Waals surface area contributed by atoms with Crippen molar-refractivity contribution in [3.8, 4) is 0 Å². The number of hydrogen-bond donors (Lipinski definition) is 0. The van der Waals surface area contributed by atoms with E-state index >= 15 is 0 Å². The highest BCUT2D eigenvalue weighted by Crippen LogP contribution is 2.36. The third-order valence-corrected chi connectivity index (χ3v) is 5.95. The van der Waals surface area contributed by atoms with Crippen LogP contribution in [0.1, 0.15) is 119 Å². The zero-order valence-electron chi connectivity index (χ0n) is 22.0. The van der Waals surface area contributed by atoms with Crippen molar-refractivity contribution in [3.05, 3.63) is 0 Å². The lowest BCUT2D eigenvalue weighted by atomic mass is 10.0. The number of methoxy groups -OCH3 is 1. The average molecular weight is 456 g/mol. The summed E-state index contributed by atoms with van der Waals surface area (Å²) in [6.07, 6.45) is 12.3. The molecular weight excluding hydrogens is 406 g/mol. The zero-order valence-corrected chi connectivity index (χ0v) is 22.0. The molecule has 0 unspecified atom stereocenters. The highest BCUT2D eigenvalue weighted by Gasteiger charge is 2.54. The molecule has 1 fully saturated rings. The van der Waals surface area contributed by atoms with Gasteiger partial charge in [-0.25, -0.2) is 9.59 Å². The van der Waals surface area contributed by atoms with Crippen LogP contribution < -0.4 is 0 Å². The number of carbonyl (C=O) groups is 2. The minimum Gasteiger partial charge on any atom is -0.467 e. The molecule has 0 aromatic carbocycles. The van der Waals surface area contributed by atoms with Gasteiger partial charge in [-0.3, -0.25) is 4.90 Å². The zero-order chi connectivity index (χ0) is 24.4. The lowest BCUT2D eigenvalue weighted by molar-refractivity contribution is -0.147. The Kier molecular flexibility index (Phi) is 12.0. The first-order valence-corrected chi connectivity index (χ1v) is 12.7. The third-order valence-electron chi connectivity index (χ3n) is 5.95. The molecule has 6 heteroatoms. The van der Waals surface area contributed by atoms with Crippen LogP contribution in [0, 0.1) is 5.92 Å². The lowest BCUT2D eigenvalue weighted by Crippen LogP contribution is -2.53. The molecule has 1 rings (SSSR count). The van der Waals surface area contributed by atoms with E-state index in [2.05, 4.69) is 13.8 Å². The van der Waals surface area contributed by atoms with E-state index in [1.54, 1.807) is 13.8 Å². The van der Waals surface area contributed by atoms with Gasteiger partial charge in [0.1, 0.15) is 11.3 Å². The first-order valence-electron chi connectivity index (χ1n) is 12.7. The number of amides is 1. The normalized spacial score (nSPS) is 20.6. The molecule has 0 aliphatic carbocycles. The van der Waals surface area contributed by atoms with E-state index in [1.165, 1.54) is 63.4 Å². The van der Waals surface area contributed by atoms with Crippen LogP contribution in [0.15, 0.2) is 0 Å². The van der Waals surface area contributed by atoms with E-state index < -0.39 is 29.4 Å². The van der Waals surface area contributed by atoms with E-state index in [0.29, 0.717) is 0 Å². The van der Waals surface area contributed by atoms with Crippen molar-refractivity contribution in [1.29, 1.82) is 0 Å². The first-order chi connectivity index (χ1) is 14.9. The number of hydrogen-bond acceptors (Lipinski definition) is 5. The quantitative estimate of drug-likeness (QED) is 0.224. The van der Waals surface area contributed by atoms with Gasteiger partial charge < -0.3 is 14.2 Å². The van der Waals surface area contributed by atoms with E-state index in [-0.39, 0.29) is 6.10 Å². The molecule has 32 heavy (non-hydrogen) atoms. The summed E-state index contributed by atoms with van der Waals surface area (Å²) in [6, 6.07) is -0.782. The van der Waals surface area contributed by atoms with Gasteiger partial charge in [-0.2, -0.15) is 0 Å². The topological polar surface area (TPSA) is 65.1 Å². The summed E-state index contributed by atoms with van der Waals surface area (Å²) in [6.45, 7) is 13.6. The molecule has 0 N–H and O–H groups in total. The maximum Gasteiger partial charge on any atom is 0.413 e. The van der Waals surface area contributed by atoms with Gasteiger partial charge in [0.15, 0.2) is 6.04 Å². The molecular formula is C26H49NO5. The number of rotatable bonds is 13. The van der Waals surface area contributed by atoms with Crippen molar-refractivity contribution in [2.75, 3.05) is 7.11 Å². The Hall–Kier alpha value is -1.30. The Morgan fingerprint density at radius 3 is 1.91 bits per heavy atom. The van der Waals surface area contributed by atoms with E-state index in [4.69, 9.17) is 14.2 Å². The Labute approximate surface area is 196 Å². The van der Waals surface area contributed by atoms with Gasteiger partial charge in [-0.1, -0.05) is 78.1 Å². The monoisotopic (exact) mass is 455 g/mol. The molecule has 1 heterocycles. The molecule has 0 aromatic rings. The smallest absolute Gasteiger partial charge is 0.413 e. The second-order valence-electron chi connectivity index (χ2n) is 11.1. The van der Waals surface area contributed by atoms with Gasteiger partial charge in [0.2, 0.25) is 0 Å². The second kappa shape index (κ2) is 13.4. The van der Waals surface area contributed by atoms with Crippen LogP contribution in [0.2, 0.25) is 0 Å². The maximum atomic E-state index is 12.8. The predicted molar refractivity (Wildman–Crippen MR) is 128 cm³/mol. The molecule has 0 spiro atoms. The molecule has 188 valence electrons. The summed E-state index contributed by atoms with van der Waals surface area (Å²) in [5.41, 5.74) is -1.58. The average Bonchev–Trinajstić information content (AvgIpc) is 2.94. The fourth-order valence-electron chi connectivity index (χ4n) is 4.37. The third kappa shape index (κ3) is 10.1. The van der Waals surface area contributed by atoms with Crippen molar-refractivity contribution in [1.82, 2.24) is 4.90 Å². The molecule has 6 nitrogen and oxygen atoms in total. The first kappa shape index (κ1) is 28.7. The van der Waals surface area contributed by atoms with Crippen molar-refractivity contribution in [2.45, 2.75) is 143 Å². The summed E-state index contributed by atoms with van der Waals surface area (Å²) < 4.78 is 16.7. The van der Waals surface area contributed by atoms with Crippen LogP contribution in [0.5, 0.6) is 0 Å². The molecule has 1 saturated heterocycles. The van der Waals surface area contributed by atoms with Crippen molar-refractivity contribution >= 4 is 12.1 Å². The van der Waals surface area contributed by atoms with Crippen LogP contribution in [0.4, 0.5) is 4.79 Å². The molecule has 0 radical (unpaired) electrons. The SMILES string of the molecule is COC(=O)[C@H]1[C@@H](CCCCCCCCCCCC(C)C)OC(C)(C)N1C(=O)OC(C)(C)C. The minimum atomic E-state index is -0.929. The molecule has 1 amide bonds. The van der Waals surface area contributed by atoms with Crippen molar-refractivity contribution in [2.24, 2.45) is 5.92 Å². The molecule has 0 bridgehead atoms. The minimum absolute atomic E-state index is 0.383. The van der Waals surface area contributed by atoms with Gasteiger partial charge in [-0.15, -0.1) is 0 Å². The predicted octanol–water partition coefficient (Wildman–Crippen LogP) is 6.85. The number of nitrogens with zero attached hydrogens (tertiary/aromatic N) is 1. The van der Waals surface area contributed by atoms with E-state index in [9.17, 15) is 9.59 Å². The number of esters is 1. The molecule has 1 aliphatic rings. The van der Waals surface area contributed by atoms with E-state index in [1.807, 2.05) is 20.8 Å². The van der Waals surface area contributed by atoms with Gasteiger partial charge in [0.05, 0.1) is 13.2 Å². The van der Waals surface area contributed by atoms with Crippen LogP contribution in [-0.4, -0.2) is 47.5 Å². The lowest BCUT2D eigenvalue weighted by Gasteiger charge is -2.34. The van der Waals surface area contributed by atoms with Crippen LogP contribution in [0.3, 0.4) is 0 Å². The standard InChI is InChI=1S/C26H49NO5/c1-20(2)18-16-14-12-10-9-11-13-15-17-19-21-22(23(28)30-8)27(26(6,7)31-21)24(29)32-25(3,4)5/h20-22H,9-19H2,1-8H3/t21-,22-/m1/s1. The Morgan fingerprint density at radius 2 is 1.44 bits per heavy atom. The van der Waals surface area contributed by atoms with Crippen LogP contribution in [0.25, 0.3) is 0 Å². The van der Waals surface area contributed by atoms with Crippen LogP contribution >= 0.6 is 0 Å². The fraction of sp³-hybridized carbons (Fsp3) is 0.923. The molecule has 2 atom stereocenters. The summed E-state index contributed by atoms with van der Waals surface area (Å²) in [5.74, 6) is 0.364. The molecule has 0 saturated carbocycles. The van der Waals surface area contributed by atoms with Crippen molar-refractivity contribution < 1.29 is 23.8 Å². The van der Waals surface area contributed by atoms with Gasteiger partial charge in [-0.05, 0) is 47.0 Å². The highest BCUT2D eigenvalue weighted by atomic mass is 16.6. The van der Waals surface area contributed by atoms with Gasteiger partial charge >= 0.3 is 12.1 Å². The summed E-state index contributed by atoms with van der Waals surface area (Å²) in [4.78, 5) is 26.8. The molecule has 0 aromatic heterocycles. The van der Waals surface area contributed by atoms with Gasteiger partial charge in [0, 0.05) is 0 Å². The summed E-state index contributed by atoms with van der Waals surface area (Å²) in [5, 5.41) is 0. The largest absolute Gasteiger partial charge is 0.467 e. The summed E-state index contributed by atoms with van der Waals surface area (Å²) >= 11 is 0. The fourth-order valence-corrected chi connectivity index (χ4v) is 4.37. The molecule has 1 aliphatic heterocycles. The van der Waals surface area contributed by atoms with Crippen LogP contribution in [-0.2, 0) is 19.0 Å². The summed E-state index contributed by atoms with van der Waals surface area (Å²) in [7, 11) is 1.35. The Bertz CT molecular complexity index is 567. The Balaban J connectivity index is 2.44. The number of unbranched alkanes of at least 4 members (excludes halogenated alkanes) is 8. The maximum absolute atomic E-state index is 12.8.